The Labute approximate surface area is 310 Å². The molecule has 16 nitrogen and oxygen atoms in total. The van der Waals surface area contributed by atoms with Gasteiger partial charge in [-0.1, -0.05) is 30.8 Å². The smallest absolute Gasteiger partial charge is 0.251 e. The minimum atomic E-state index is -0.722. The zero-order valence-electron chi connectivity index (χ0n) is 30.6. The third-order valence-corrected chi connectivity index (χ3v) is 8.52. The second kappa shape index (κ2) is 24.0. The van der Waals surface area contributed by atoms with Crippen LogP contribution in [0.25, 0.3) is 0 Å². The van der Waals surface area contributed by atoms with Gasteiger partial charge in [0.25, 0.3) is 5.91 Å². The minimum Gasteiger partial charge on any atom is -0.377 e. The molecule has 3 rings (SSSR count). The maximum Gasteiger partial charge on any atom is 0.251 e. The second-order valence-corrected chi connectivity index (χ2v) is 12.6. The molecule has 2 aliphatic rings. The van der Waals surface area contributed by atoms with Crippen LogP contribution in [0.1, 0.15) is 43.7 Å². The van der Waals surface area contributed by atoms with Crippen molar-refractivity contribution >= 4 is 35.3 Å². The Morgan fingerprint density at radius 1 is 0.811 bits per heavy atom. The van der Waals surface area contributed by atoms with Crippen LogP contribution < -0.4 is 21.7 Å². The van der Waals surface area contributed by atoms with Crippen molar-refractivity contribution in [2.45, 2.75) is 57.7 Å². The predicted molar refractivity (Wildman–Crippen MR) is 194 cm³/mol. The van der Waals surface area contributed by atoms with Gasteiger partial charge in [0.2, 0.25) is 23.6 Å². The Kier molecular flexibility index (Phi) is 19.4. The molecule has 2 heterocycles. The van der Waals surface area contributed by atoms with Crippen molar-refractivity contribution in [2.24, 2.45) is 5.73 Å². The summed E-state index contributed by atoms with van der Waals surface area (Å²) in [6, 6.07) is 6.58. The number of ether oxygens (including phenoxy) is 4. The third kappa shape index (κ3) is 16.0. The number of benzene rings is 1. The van der Waals surface area contributed by atoms with E-state index in [-0.39, 0.29) is 108 Å². The summed E-state index contributed by atoms with van der Waals surface area (Å²) in [7, 11) is 0. The zero-order valence-corrected chi connectivity index (χ0v) is 30.6. The first kappa shape index (κ1) is 42.9. The molecule has 292 valence electrons. The SMILES string of the molecule is C=C1C=CC(=O)N1CCC(=O)NCCOCCOCC(=O)NCCOCCOCC(=O)NCCCC[C@@H](N)C(=O)N1Cc2ccccc2C[C@@H]1C(C)=O. The number of ketones is 1. The largest absolute Gasteiger partial charge is 0.377 e. The van der Waals surface area contributed by atoms with E-state index in [0.717, 1.165) is 11.1 Å². The van der Waals surface area contributed by atoms with E-state index < -0.39 is 12.1 Å². The fourth-order valence-corrected chi connectivity index (χ4v) is 5.61. The van der Waals surface area contributed by atoms with E-state index in [1.807, 2.05) is 24.3 Å². The first-order valence-electron chi connectivity index (χ1n) is 18.0. The van der Waals surface area contributed by atoms with Gasteiger partial charge >= 0.3 is 0 Å². The summed E-state index contributed by atoms with van der Waals surface area (Å²) in [4.78, 5) is 75.9. The Bertz CT molecular complexity index is 1420. The number of hydrogen-bond donors (Lipinski definition) is 4. The topological polar surface area (TPSA) is 208 Å². The number of nitrogens with two attached hydrogens (primary N) is 1. The first-order valence-corrected chi connectivity index (χ1v) is 18.0. The zero-order chi connectivity index (χ0) is 38.4. The molecule has 5 amide bonds. The van der Waals surface area contributed by atoms with Crippen LogP contribution in [-0.4, -0.2) is 136 Å². The molecule has 0 spiro atoms. The Morgan fingerprint density at radius 3 is 2.00 bits per heavy atom. The van der Waals surface area contributed by atoms with Crippen molar-refractivity contribution in [1.29, 1.82) is 0 Å². The van der Waals surface area contributed by atoms with Crippen molar-refractivity contribution in [3.8, 4) is 0 Å². The van der Waals surface area contributed by atoms with Gasteiger partial charge in [-0.25, -0.2) is 0 Å². The van der Waals surface area contributed by atoms with Crippen molar-refractivity contribution in [2.75, 3.05) is 79.0 Å². The number of carbonyl (C=O) groups is 6. The maximum atomic E-state index is 13.1. The van der Waals surface area contributed by atoms with Crippen LogP contribution in [0, 0.1) is 0 Å². The summed E-state index contributed by atoms with van der Waals surface area (Å²) < 4.78 is 21.4. The molecule has 5 N–H and O–H groups in total. The van der Waals surface area contributed by atoms with E-state index in [1.54, 1.807) is 11.0 Å². The average molecular weight is 743 g/mol. The molecule has 53 heavy (non-hydrogen) atoms. The fraction of sp³-hybridized carbons (Fsp3) is 0.568. The summed E-state index contributed by atoms with van der Waals surface area (Å²) in [5.41, 5.74) is 8.89. The van der Waals surface area contributed by atoms with Crippen molar-refractivity contribution < 1.29 is 47.7 Å². The number of rotatable bonds is 26. The third-order valence-electron chi connectivity index (χ3n) is 8.52. The van der Waals surface area contributed by atoms with Crippen molar-refractivity contribution in [3.63, 3.8) is 0 Å². The molecule has 0 fully saturated rings. The van der Waals surface area contributed by atoms with Gasteiger partial charge in [-0.3, -0.25) is 28.8 Å². The molecule has 0 bridgehead atoms. The predicted octanol–water partition coefficient (Wildman–Crippen LogP) is -0.256. The first-order chi connectivity index (χ1) is 25.6. The molecule has 1 aromatic rings. The van der Waals surface area contributed by atoms with E-state index >= 15 is 0 Å². The number of unbranched alkanes of at least 4 members (excludes halogenated alkanes) is 1. The van der Waals surface area contributed by atoms with E-state index in [0.29, 0.717) is 51.0 Å². The lowest BCUT2D eigenvalue weighted by Crippen LogP contribution is -2.53. The number of amides is 5. The molecule has 0 saturated heterocycles. The maximum absolute atomic E-state index is 13.1. The van der Waals surface area contributed by atoms with Gasteiger partial charge in [0, 0.05) is 57.3 Å². The molecule has 0 aliphatic carbocycles. The van der Waals surface area contributed by atoms with E-state index in [9.17, 15) is 28.8 Å². The summed E-state index contributed by atoms with van der Waals surface area (Å²) in [6.07, 6.45) is 5.41. The molecule has 2 atom stereocenters. The van der Waals surface area contributed by atoms with Gasteiger partial charge in [0.1, 0.15) is 13.2 Å². The number of allylic oxidation sites excluding steroid dienone is 1. The summed E-state index contributed by atoms with van der Waals surface area (Å²) in [5, 5.41) is 8.15. The van der Waals surface area contributed by atoms with Gasteiger partial charge in [0.15, 0.2) is 5.78 Å². The lowest BCUT2D eigenvalue weighted by molar-refractivity contribution is -0.141. The molecule has 2 aliphatic heterocycles. The number of nitrogens with one attached hydrogen (secondary N) is 3. The number of fused-ring (bicyclic) bond motifs is 1. The number of hydrogen-bond acceptors (Lipinski definition) is 11. The van der Waals surface area contributed by atoms with E-state index in [2.05, 4.69) is 22.5 Å². The average Bonchev–Trinajstić information content (AvgIpc) is 3.47. The van der Waals surface area contributed by atoms with Crippen molar-refractivity contribution in [3.05, 3.63) is 59.8 Å². The molecular formula is C37H54N6O10. The molecular weight excluding hydrogens is 688 g/mol. The highest BCUT2D eigenvalue weighted by molar-refractivity contribution is 5.93. The quantitative estimate of drug-likeness (QED) is 0.0910. The van der Waals surface area contributed by atoms with Crippen LogP contribution in [0.3, 0.4) is 0 Å². The highest BCUT2D eigenvalue weighted by Gasteiger charge is 2.34. The second-order valence-electron chi connectivity index (χ2n) is 12.6. The van der Waals surface area contributed by atoms with E-state index in [4.69, 9.17) is 24.7 Å². The molecule has 0 saturated carbocycles. The monoisotopic (exact) mass is 742 g/mol. The van der Waals surface area contributed by atoms with Gasteiger partial charge < -0.3 is 50.4 Å². The normalized spacial score (nSPS) is 15.6. The molecule has 1 aromatic carbocycles. The highest BCUT2D eigenvalue weighted by Crippen LogP contribution is 2.25. The van der Waals surface area contributed by atoms with Crippen LogP contribution >= 0.6 is 0 Å². The van der Waals surface area contributed by atoms with Gasteiger partial charge in [-0.05, 0) is 43.4 Å². The van der Waals surface area contributed by atoms with Crippen LogP contribution in [-0.2, 0) is 60.7 Å². The van der Waals surface area contributed by atoms with E-state index in [1.165, 1.54) is 17.9 Å². The summed E-state index contributed by atoms with van der Waals surface area (Å²) in [5.74, 6) is -1.23. The lowest BCUT2D eigenvalue weighted by atomic mass is 9.91. The van der Waals surface area contributed by atoms with Crippen LogP contribution in [0.4, 0.5) is 0 Å². The van der Waals surface area contributed by atoms with Crippen LogP contribution in [0.5, 0.6) is 0 Å². The Balaban J connectivity index is 1.07. The van der Waals surface area contributed by atoms with Gasteiger partial charge in [0.05, 0.1) is 51.7 Å². The molecule has 16 heteroatoms. The number of nitrogens with zero attached hydrogens (tertiary/aromatic N) is 2. The van der Waals surface area contributed by atoms with Crippen LogP contribution in [0.2, 0.25) is 0 Å². The summed E-state index contributed by atoms with van der Waals surface area (Å²) in [6.45, 7) is 8.14. The Morgan fingerprint density at radius 2 is 1.40 bits per heavy atom. The standard InChI is InChI=1S/C37H54N6O10/c1-27-10-11-36(48)42(27)16-12-33(45)40-14-17-50-19-22-53-26-35(47)41-15-18-51-20-21-52-25-34(46)39-13-6-5-9-31(38)37(49)43-24-30-8-4-3-7-29(30)23-32(43)28(2)44/h3-4,7-8,10-11,31-32H,1,5-6,9,12-26,38H2,2H3,(H,39,46)(H,40,45)(H,41,47)/t31-,32-/m1/s1. The summed E-state index contributed by atoms with van der Waals surface area (Å²) >= 11 is 0. The highest BCUT2D eigenvalue weighted by atomic mass is 16.5. The fourth-order valence-electron chi connectivity index (χ4n) is 5.61. The van der Waals surface area contributed by atoms with Gasteiger partial charge in [-0.2, -0.15) is 0 Å². The van der Waals surface area contributed by atoms with Crippen LogP contribution in [0.15, 0.2) is 48.7 Å². The number of carbonyl (C=O) groups excluding carboxylic acids is 6. The molecule has 0 radical (unpaired) electrons. The van der Waals surface area contributed by atoms with Gasteiger partial charge in [-0.15, -0.1) is 0 Å². The molecule has 0 unspecified atom stereocenters. The Hall–Kier alpha value is -4.48. The minimum absolute atomic E-state index is 0.0581. The lowest BCUT2D eigenvalue weighted by Gasteiger charge is -2.37. The molecule has 0 aromatic heterocycles. The van der Waals surface area contributed by atoms with Crippen molar-refractivity contribution in [1.82, 2.24) is 25.8 Å². The number of Topliss-reactive ketones (excluding diaryl/α,β-unsaturated/α-hetero) is 1.